The fourth-order valence-electron chi connectivity index (χ4n) is 3.11. The summed E-state index contributed by atoms with van der Waals surface area (Å²) < 4.78 is 7.72. The van der Waals surface area contributed by atoms with E-state index in [4.69, 9.17) is 4.74 Å². The molecule has 7 heteroatoms. The fourth-order valence-corrected chi connectivity index (χ4v) is 4.26. The molecule has 0 bridgehead atoms. The third-order valence-corrected chi connectivity index (χ3v) is 5.88. The first-order chi connectivity index (χ1) is 13.6. The van der Waals surface area contributed by atoms with Gasteiger partial charge in [0.1, 0.15) is 10.7 Å². The van der Waals surface area contributed by atoms with Gasteiger partial charge in [-0.05, 0) is 30.5 Å². The minimum Gasteiger partial charge on any atom is -0.378 e. The molecule has 0 unspecified atom stereocenters. The third-order valence-electron chi connectivity index (χ3n) is 4.75. The van der Waals surface area contributed by atoms with Gasteiger partial charge in [-0.1, -0.05) is 31.2 Å². The largest absolute Gasteiger partial charge is 0.378 e. The lowest BCUT2D eigenvalue weighted by Gasteiger charge is -2.26. The lowest BCUT2D eigenvalue weighted by atomic mass is 10.1. The summed E-state index contributed by atoms with van der Waals surface area (Å²) in [7, 11) is 0. The molecule has 146 valence electrons. The average Bonchev–Trinajstić information content (AvgIpc) is 3.04. The van der Waals surface area contributed by atoms with Crippen LogP contribution in [-0.4, -0.2) is 41.7 Å². The maximum Gasteiger partial charge on any atom is 0.269 e. The number of nitrogens with zero attached hydrogens (tertiary/aromatic N) is 3. The number of amides is 1. The molecule has 1 aliphatic rings. The minimum absolute atomic E-state index is 0.0202. The van der Waals surface area contributed by atoms with Gasteiger partial charge in [-0.15, -0.1) is 11.3 Å². The molecule has 1 saturated heterocycles. The Morgan fingerprint density at radius 2 is 1.93 bits per heavy atom. The summed E-state index contributed by atoms with van der Waals surface area (Å²) in [5, 5.41) is 9.66. The van der Waals surface area contributed by atoms with Gasteiger partial charge in [-0.2, -0.15) is 5.26 Å². The molecule has 1 aliphatic heterocycles. The van der Waals surface area contributed by atoms with Crippen molar-refractivity contribution in [1.29, 1.82) is 5.26 Å². The van der Waals surface area contributed by atoms with Gasteiger partial charge in [0.25, 0.3) is 11.5 Å². The minimum atomic E-state index is -0.340. The zero-order chi connectivity index (χ0) is 20.1. The van der Waals surface area contributed by atoms with Crippen LogP contribution in [0.1, 0.15) is 25.0 Å². The summed E-state index contributed by atoms with van der Waals surface area (Å²) in [6.07, 6.45) is 2.77. The van der Waals surface area contributed by atoms with E-state index in [1.807, 2.05) is 43.3 Å². The molecular formula is C21H23N3O3S. The number of carbonyl (C=O) groups is 1. The van der Waals surface area contributed by atoms with Gasteiger partial charge in [0.05, 0.1) is 17.7 Å². The number of carbonyl (C=O) groups excluding carboxylic acids is 1. The van der Waals surface area contributed by atoms with E-state index in [2.05, 4.69) is 6.92 Å². The molecule has 0 N–H and O–H groups in total. The van der Waals surface area contributed by atoms with Crippen molar-refractivity contribution in [3.05, 3.63) is 54.9 Å². The average molecular weight is 398 g/mol. The topological polar surface area (TPSA) is 75.3 Å². The van der Waals surface area contributed by atoms with Crippen LogP contribution in [0.3, 0.4) is 0 Å². The van der Waals surface area contributed by atoms with Crippen molar-refractivity contribution in [2.45, 2.75) is 26.8 Å². The molecule has 1 fully saturated rings. The van der Waals surface area contributed by atoms with Crippen LogP contribution < -0.4 is 14.8 Å². The molecule has 0 spiro atoms. The first-order valence-corrected chi connectivity index (χ1v) is 10.2. The quantitative estimate of drug-likeness (QED) is 0.767. The van der Waals surface area contributed by atoms with Crippen LogP contribution in [0.5, 0.6) is 0 Å². The highest BCUT2D eigenvalue weighted by atomic mass is 32.1. The molecular weight excluding hydrogens is 374 g/mol. The van der Waals surface area contributed by atoms with E-state index in [0.717, 1.165) is 12.0 Å². The van der Waals surface area contributed by atoms with E-state index in [-0.39, 0.29) is 17.0 Å². The second kappa shape index (κ2) is 9.00. The van der Waals surface area contributed by atoms with Gasteiger partial charge >= 0.3 is 0 Å². The van der Waals surface area contributed by atoms with Crippen LogP contribution in [0.4, 0.5) is 0 Å². The van der Waals surface area contributed by atoms with Crippen LogP contribution in [0.15, 0.2) is 29.1 Å². The van der Waals surface area contributed by atoms with E-state index >= 15 is 0 Å². The number of nitriles is 1. The SMILES string of the molecule is CCc1ccc(/C=c2\s/c(=C(/C#N)C(=O)N3CCOCC3)n(CC)c2=O)cc1. The van der Waals surface area contributed by atoms with Crippen molar-refractivity contribution in [2.75, 3.05) is 26.3 Å². The highest BCUT2D eigenvalue weighted by Gasteiger charge is 2.23. The van der Waals surface area contributed by atoms with Gasteiger partial charge in [0.15, 0.2) is 5.57 Å². The van der Waals surface area contributed by atoms with E-state index in [9.17, 15) is 14.9 Å². The van der Waals surface area contributed by atoms with Crippen molar-refractivity contribution >= 4 is 28.9 Å². The first kappa shape index (κ1) is 20.1. The smallest absolute Gasteiger partial charge is 0.269 e. The molecule has 6 nitrogen and oxygen atoms in total. The van der Waals surface area contributed by atoms with Gasteiger partial charge in [-0.25, -0.2) is 0 Å². The summed E-state index contributed by atoms with van der Waals surface area (Å²) in [6.45, 7) is 6.16. The maximum atomic E-state index is 12.8. The van der Waals surface area contributed by atoms with Crippen molar-refractivity contribution in [2.24, 2.45) is 0 Å². The Kier molecular flexibility index (Phi) is 6.45. The normalized spacial score (nSPS) is 16.0. The first-order valence-electron chi connectivity index (χ1n) is 9.40. The van der Waals surface area contributed by atoms with Gasteiger partial charge < -0.3 is 9.64 Å². The number of ether oxygens (including phenoxy) is 1. The predicted molar refractivity (Wildman–Crippen MR) is 109 cm³/mol. The lowest BCUT2D eigenvalue weighted by molar-refractivity contribution is -0.128. The van der Waals surface area contributed by atoms with Crippen LogP contribution >= 0.6 is 11.3 Å². The van der Waals surface area contributed by atoms with Gasteiger partial charge in [0, 0.05) is 19.6 Å². The van der Waals surface area contributed by atoms with Crippen LogP contribution in [-0.2, 0) is 22.5 Å². The van der Waals surface area contributed by atoms with Crippen molar-refractivity contribution < 1.29 is 9.53 Å². The van der Waals surface area contributed by atoms with Gasteiger partial charge in [-0.3, -0.25) is 14.2 Å². The molecule has 3 rings (SSSR count). The second-order valence-electron chi connectivity index (χ2n) is 6.45. The Morgan fingerprint density at radius 3 is 2.50 bits per heavy atom. The Labute approximate surface area is 167 Å². The lowest BCUT2D eigenvalue weighted by Crippen LogP contribution is -2.42. The Morgan fingerprint density at radius 1 is 1.25 bits per heavy atom. The fraction of sp³-hybridized carbons (Fsp3) is 0.381. The second-order valence-corrected chi connectivity index (χ2v) is 7.48. The summed E-state index contributed by atoms with van der Waals surface area (Å²) in [5.41, 5.74) is 1.99. The van der Waals surface area contributed by atoms with Crippen LogP contribution in [0.2, 0.25) is 0 Å². The molecule has 1 amide bonds. The Balaban J connectivity index is 2.12. The zero-order valence-electron chi connectivity index (χ0n) is 16.1. The zero-order valence-corrected chi connectivity index (χ0v) is 16.9. The summed E-state index contributed by atoms with van der Waals surface area (Å²) in [5.74, 6) is -0.340. The number of aromatic nitrogens is 1. The van der Waals surface area contributed by atoms with E-state index in [0.29, 0.717) is 42.0 Å². The van der Waals surface area contributed by atoms with Crippen LogP contribution in [0.25, 0.3) is 11.6 Å². The molecule has 28 heavy (non-hydrogen) atoms. The van der Waals surface area contributed by atoms with Crippen molar-refractivity contribution in [3.8, 4) is 6.07 Å². The third kappa shape index (κ3) is 4.08. The molecule has 2 heterocycles. The molecule has 1 aromatic heterocycles. The maximum absolute atomic E-state index is 12.8. The molecule has 0 radical (unpaired) electrons. The predicted octanol–water partition coefficient (Wildman–Crippen LogP) is 0.854. The monoisotopic (exact) mass is 397 g/mol. The van der Waals surface area contributed by atoms with E-state index < -0.39 is 0 Å². The van der Waals surface area contributed by atoms with Gasteiger partial charge in [0.2, 0.25) is 0 Å². The molecule has 0 atom stereocenters. The van der Waals surface area contributed by atoms with Crippen LogP contribution in [0, 0.1) is 11.3 Å². The molecule has 2 aromatic rings. The number of aryl methyl sites for hydroxylation is 1. The molecule has 1 aromatic carbocycles. The number of morpholine rings is 1. The molecule has 0 saturated carbocycles. The summed E-state index contributed by atoms with van der Waals surface area (Å²) in [6, 6.07) is 10.0. The molecule has 0 aliphatic carbocycles. The Bertz CT molecular complexity index is 1070. The number of rotatable bonds is 4. The van der Waals surface area contributed by atoms with E-state index in [1.54, 1.807) is 4.90 Å². The number of thiazole rings is 1. The number of hydrogen-bond acceptors (Lipinski definition) is 5. The standard InChI is InChI=1S/C21H23N3O3S/c1-3-15-5-7-16(8-6-15)13-18-20(26)24(4-2)21(28-18)17(14-22)19(25)23-9-11-27-12-10-23/h5-8,13H,3-4,9-12H2,1-2H3/b18-13-,21-17-. The Hall–Kier alpha value is -2.69. The van der Waals surface area contributed by atoms with E-state index in [1.165, 1.54) is 21.5 Å². The number of benzene rings is 1. The van der Waals surface area contributed by atoms with Crippen molar-refractivity contribution in [3.63, 3.8) is 0 Å². The van der Waals surface area contributed by atoms with Crippen molar-refractivity contribution in [1.82, 2.24) is 9.47 Å². The number of hydrogen-bond donors (Lipinski definition) is 0. The summed E-state index contributed by atoms with van der Waals surface area (Å²) in [4.78, 5) is 27.3. The highest BCUT2D eigenvalue weighted by molar-refractivity contribution is 7.07. The summed E-state index contributed by atoms with van der Waals surface area (Å²) >= 11 is 1.20. The highest BCUT2D eigenvalue weighted by Crippen LogP contribution is 2.07.